The molecule has 0 saturated heterocycles. The van der Waals surface area contributed by atoms with E-state index in [-0.39, 0.29) is 5.91 Å². The van der Waals surface area contributed by atoms with Gasteiger partial charge in [0.25, 0.3) is 11.8 Å². The largest absolute Gasteiger partial charge is 0.494 e. The second kappa shape index (κ2) is 8.57. The van der Waals surface area contributed by atoms with Gasteiger partial charge in [0.1, 0.15) is 10.8 Å². The normalized spacial score (nSPS) is 15.9. The van der Waals surface area contributed by atoms with Crippen LogP contribution < -0.4 is 15.8 Å². The number of anilines is 1. The van der Waals surface area contributed by atoms with E-state index in [0.29, 0.717) is 28.7 Å². The van der Waals surface area contributed by atoms with Gasteiger partial charge in [0.2, 0.25) is 0 Å². The number of carbonyl (C=O) groups excluding carboxylic acids is 2. The van der Waals surface area contributed by atoms with Crippen molar-refractivity contribution in [2.24, 2.45) is 11.7 Å². The van der Waals surface area contributed by atoms with Crippen LogP contribution in [-0.2, 0) is 12.8 Å². The maximum absolute atomic E-state index is 12.6. The Kier molecular flexibility index (Phi) is 6.16. The summed E-state index contributed by atoms with van der Waals surface area (Å²) in [6.45, 7) is 4.68. The molecule has 1 atom stereocenters. The number of carbonyl (C=O) groups is 2. The van der Waals surface area contributed by atoms with Gasteiger partial charge in [-0.2, -0.15) is 0 Å². The first-order valence-corrected chi connectivity index (χ1v) is 10.3. The van der Waals surface area contributed by atoms with Crippen molar-refractivity contribution in [2.45, 2.75) is 46.0 Å². The Hall–Kier alpha value is -2.34. The molecule has 1 aliphatic carbocycles. The Labute approximate surface area is 163 Å². The third-order valence-electron chi connectivity index (χ3n) is 4.97. The second-order valence-corrected chi connectivity index (χ2v) is 7.99. The Morgan fingerprint density at radius 3 is 2.63 bits per heavy atom. The van der Waals surface area contributed by atoms with Crippen molar-refractivity contribution < 1.29 is 14.3 Å². The van der Waals surface area contributed by atoms with E-state index in [1.165, 1.54) is 22.6 Å². The Bertz CT molecular complexity index is 827. The summed E-state index contributed by atoms with van der Waals surface area (Å²) in [6, 6.07) is 6.97. The molecule has 0 saturated carbocycles. The molecule has 0 fully saturated rings. The van der Waals surface area contributed by atoms with Crippen LogP contribution in [-0.4, -0.2) is 18.4 Å². The lowest BCUT2D eigenvalue weighted by Gasteiger charge is -2.21. The molecule has 3 N–H and O–H groups in total. The number of benzene rings is 1. The monoisotopic (exact) mass is 386 g/mol. The molecule has 2 amide bonds. The van der Waals surface area contributed by atoms with Gasteiger partial charge in [0.05, 0.1) is 12.2 Å². The van der Waals surface area contributed by atoms with E-state index < -0.39 is 5.91 Å². The molecule has 0 aliphatic heterocycles. The van der Waals surface area contributed by atoms with Crippen molar-refractivity contribution in [3.05, 3.63) is 45.8 Å². The van der Waals surface area contributed by atoms with Gasteiger partial charge in [-0.25, -0.2) is 0 Å². The van der Waals surface area contributed by atoms with Crippen LogP contribution >= 0.6 is 11.3 Å². The number of amides is 2. The maximum atomic E-state index is 12.6. The first kappa shape index (κ1) is 19.4. The van der Waals surface area contributed by atoms with Crippen LogP contribution in [0.2, 0.25) is 0 Å². The van der Waals surface area contributed by atoms with Gasteiger partial charge in [-0.3, -0.25) is 9.59 Å². The molecule has 0 unspecified atom stereocenters. The van der Waals surface area contributed by atoms with E-state index in [9.17, 15) is 9.59 Å². The van der Waals surface area contributed by atoms with Gasteiger partial charge in [-0.15, -0.1) is 11.3 Å². The average molecular weight is 387 g/mol. The summed E-state index contributed by atoms with van der Waals surface area (Å²) < 4.78 is 5.40. The molecule has 2 aromatic rings. The lowest BCUT2D eigenvalue weighted by atomic mass is 9.84. The molecule has 1 aromatic heterocycles. The van der Waals surface area contributed by atoms with Crippen LogP contribution in [0.15, 0.2) is 24.3 Å². The van der Waals surface area contributed by atoms with Gasteiger partial charge >= 0.3 is 0 Å². The molecular weight excluding hydrogens is 360 g/mol. The summed E-state index contributed by atoms with van der Waals surface area (Å²) in [5, 5.41) is 3.47. The number of nitrogens with two attached hydrogens (primary N) is 1. The van der Waals surface area contributed by atoms with Crippen molar-refractivity contribution in [3.8, 4) is 5.75 Å². The second-order valence-electron chi connectivity index (χ2n) is 6.88. The molecule has 0 radical (unpaired) electrons. The van der Waals surface area contributed by atoms with Crippen LogP contribution in [0, 0.1) is 5.92 Å². The fourth-order valence-corrected chi connectivity index (χ4v) is 5.06. The zero-order valence-electron chi connectivity index (χ0n) is 15.8. The number of nitrogens with one attached hydrogen (secondary N) is 1. The van der Waals surface area contributed by atoms with Gasteiger partial charge < -0.3 is 15.8 Å². The predicted octanol–water partition coefficient (Wildman–Crippen LogP) is 4.40. The highest BCUT2D eigenvalue weighted by Crippen LogP contribution is 2.40. The van der Waals surface area contributed by atoms with E-state index in [2.05, 4.69) is 12.2 Å². The smallest absolute Gasteiger partial charge is 0.256 e. The molecule has 0 spiro atoms. The van der Waals surface area contributed by atoms with Crippen molar-refractivity contribution in [1.82, 2.24) is 0 Å². The number of rotatable bonds is 7. The van der Waals surface area contributed by atoms with Gasteiger partial charge in [0.15, 0.2) is 0 Å². The third-order valence-corrected chi connectivity index (χ3v) is 6.14. The maximum Gasteiger partial charge on any atom is 0.256 e. The number of hydrogen-bond acceptors (Lipinski definition) is 4. The van der Waals surface area contributed by atoms with Crippen LogP contribution in [0.5, 0.6) is 5.75 Å². The highest BCUT2D eigenvalue weighted by Gasteiger charge is 2.28. The Morgan fingerprint density at radius 1 is 1.26 bits per heavy atom. The summed E-state index contributed by atoms with van der Waals surface area (Å²) in [5.41, 5.74) is 7.68. The first-order valence-electron chi connectivity index (χ1n) is 9.52. The molecule has 1 heterocycles. The van der Waals surface area contributed by atoms with Gasteiger partial charge in [-0.1, -0.05) is 19.8 Å². The number of fused-ring (bicyclic) bond motifs is 1. The summed E-state index contributed by atoms with van der Waals surface area (Å²) in [5.74, 6) is 0.657. The first-order chi connectivity index (χ1) is 13.0. The van der Waals surface area contributed by atoms with Crippen LogP contribution in [0.25, 0.3) is 0 Å². The highest BCUT2D eigenvalue weighted by atomic mass is 32.1. The third kappa shape index (κ3) is 4.33. The van der Waals surface area contributed by atoms with E-state index in [4.69, 9.17) is 10.5 Å². The summed E-state index contributed by atoms with van der Waals surface area (Å²) in [7, 11) is 0. The minimum Gasteiger partial charge on any atom is -0.494 e. The standard InChI is InChI=1S/C21H26N2O3S/c1-3-5-13-6-11-16-17(12-13)27-21(18(16)19(22)24)23-20(25)14-7-9-15(10-8-14)26-4-2/h7-10,13H,3-6,11-12H2,1-2H3,(H2,22,24)(H,23,25)/t13-/m0/s1. The van der Waals surface area contributed by atoms with Crippen LogP contribution in [0.4, 0.5) is 5.00 Å². The number of ether oxygens (including phenoxy) is 1. The van der Waals surface area contributed by atoms with E-state index in [1.54, 1.807) is 24.3 Å². The average Bonchev–Trinajstić information content (AvgIpc) is 3.00. The zero-order valence-corrected chi connectivity index (χ0v) is 16.7. The van der Waals surface area contributed by atoms with Gasteiger partial charge in [0, 0.05) is 10.4 Å². The zero-order chi connectivity index (χ0) is 19.4. The molecule has 144 valence electrons. The van der Waals surface area contributed by atoms with Crippen LogP contribution in [0.1, 0.15) is 64.3 Å². The van der Waals surface area contributed by atoms with E-state index in [1.807, 2.05) is 6.92 Å². The van der Waals surface area contributed by atoms with Crippen molar-refractivity contribution in [3.63, 3.8) is 0 Å². The molecule has 5 nitrogen and oxygen atoms in total. The number of hydrogen-bond donors (Lipinski definition) is 2. The summed E-state index contributed by atoms with van der Waals surface area (Å²) >= 11 is 1.50. The Balaban J connectivity index is 1.82. The molecule has 0 bridgehead atoms. The lowest BCUT2D eigenvalue weighted by molar-refractivity contribution is 0.1000. The van der Waals surface area contributed by atoms with Crippen LogP contribution in [0.3, 0.4) is 0 Å². The molecule has 27 heavy (non-hydrogen) atoms. The number of primary amides is 1. The van der Waals surface area contributed by atoms with E-state index >= 15 is 0 Å². The predicted molar refractivity (Wildman–Crippen MR) is 109 cm³/mol. The SMILES string of the molecule is CCC[C@H]1CCc2c(sc(NC(=O)c3ccc(OCC)cc3)c2C(N)=O)C1. The quantitative estimate of drug-likeness (QED) is 0.740. The molecule has 1 aliphatic rings. The minimum absolute atomic E-state index is 0.246. The summed E-state index contributed by atoms with van der Waals surface area (Å²) in [6.07, 6.45) is 5.25. The molecule has 6 heteroatoms. The topological polar surface area (TPSA) is 81.4 Å². The summed E-state index contributed by atoms with van der Waals surface area (Å²) in [4.78, 5) is 25.9. The molecule has 1 aromatic carbocycles. The van der Waals surface area contributed by atoms with E-state index in [0.717, 1.165) is 37.0 Å². The highest BCUT2D eigenvalue weighted by molar-refractivity contribution is 7.17. The fourth-order valence-electron chi connectivity index (χ4n) is 3.70. The Morgan fingerprint density at radius 2 is 2.00 bits per heavy atom. The van der Waals surface area contributed by atoms with Crippen molar-refractivity contribution >= 4 is 28.2 Å². The van der Waals surface area contributed by atoms with Crippen molar-refractivity contribution in [1.29, 1.82) is 0 Å². The van der Waals surface area contributed by atoms with Crippen molar-refractivity contribution in [2.75, 3.05) is 11.9 Å². The fraction of sp³-hybridized carbons (Fsp3) is 0.429. The van der Waals surface area contributed by atoms with Gasteiger partial charge in [-0.05, 0) is 61.9 Å². The lowest BCUT2D eigenvalue weighted by Crippen LogP contribution is -2.20. The minimum atomic E-state index is -0.469. The molecule has 3 rings (SSSR count). The number of thiophene rings is 1. The molecular formula is C21H26N2O3S.